The second-order valence-corrected chi connectivity index (χ2v) is 12.0. The van der Waals surface area contributed by atoms with Gasteiger partial charge >= 0.3 is 11.9 Å². The van der Waals surface area contributed by atoms with Crippen molar-refractivity contribution in [3.63, 3.8) is 0 Å². The Morgan fingerprint density at radius 1 is 0.961 bits per heavy atom. The number of rotatable bonds is 23. The Hall–Kier alpha value is -5.31. The summed E-state index contributed by atoms with van der Waals surface area (Å²) in [6.45, 7) is 0.126. The van der Waals surface area contributed by atoms with E-state index in [1.165, 1.54) is 17.4 Å². The molecule has 0 radical (unpaired) electrons. The van der Waals surface area contributed by atoms with Gasteiger partial charge in [0, 0.05) is 37.8 Å². The number of imidazole rings is 1. The van der Waals surface area contributed by atoms with E-state index in [4.69, 9.17) is 28.0 Å². The molecule has 1 aromatic heterocycles. The predicted octanol–water partition coefficient (Wildman–Crippen LogP) is -4.03. The van der Waals surface area contributed by atoms with Crippen LogP contribution in [0.25, 0.3) is 0 Å². The van der Waals surface area contributed by atoms with Crippen LogP contribution in [0.4, 0.5) is 0 Å². The van der Waals surface area contributed by atoms with Crippen LogP contribution < -0.4 is 44.2 Å². The summed E-state index contributed by atoms with van der Waals surface area (Å²) in [4.78, 5) is 100. The molecule has 0 aromatic carbocycles. The van der Waals surface area contributed by atoms with Crippen LogP contribution in [0.15, 0.2) is 17.5 Å². The van der Waals surface area contributed by atoms with Crippen molar-refractivity contribution in [2.24, 2.45) is 27.9 Å². The summed E-state index contributed by atoms with van der Waals surface area (Å²) >= 11 is 0. The van der Waals surface area contributed by atoms with E-state index < -0.39 is 78.2 Å². The fraction of sp³-hybridized carbons (Fsp3) is 0.633. The molecule has 2 heterocycles. The van der Waals surface area contributed by atoms with Crippen LogP contribution in [0.5, 0.6) is 0 Å². The molecule has 284 valence electrons. The summed E-state index contributed by atoms with van der Waals surface area (Å²) in [5.41, 5.74) is 22.5. The summed E-state index contributed by atoms with van der Waals surface area (Å²) in [6, 6.07) is -5.74. The Kier molecular flexibility index (Phi) is 17.8. The number of aliphatic imine (C=N–C) groups is 1. The summed E-state index contributed by atoms with van der Waals surface area (Å²) in [7, 11) is 0. The molecule has 1 aliphatic heterocycles. The van der Waals surface area contributed by atoms with Gasteiger partial charge in [-0.05, 0) is 57.9 Å². The van der Waals surface area contributed by atoms with Gasteiger partial charge in [-0.25, -0.2) is 9.78 Å². The smallest absolute Gasteiger partial charge is 0.326 e. The van der Waals surface area contributed by atoms with Gasteiger partial charge in [0.25, 0.3) is 0 Å². The number of carboxylic acid groups (broad SMARTS) is 2. The van der Waals surface area contributed by atoms with Gasteiger partial charge in [-0.15, -0.1) is 0 Å². The van der Waals surface area contributed by atoms with Crippen molar-refractivity contribution in [1.29, 1.82) is 0 Å². The number of carbonyl (C=O) groups is 7. The molecule has 21 nitrogen and oxygen atoms in total. The van der Waals surface area contributed by atoms with Gasteiger partial charge < -0.3 is 64.3 Å². The third kappa shape index (κ3) is 15.0. The first kappa shape index (κ1) is 41.9. The molecule has 1 fully saturated rings. The molecule has 21 heteroatoms. The fourth-order valence-corrected chi connectivity index (χ4v) is 5.33. The molecule has 1 aliphatic rings. The number of aliphatic carboxylic acids is 2. The van der Waals surface area contributed by atoms with E-state index in [2.05, 4.69) is 36.2 Å². The van der Waals surface area contributed by atoms with Crippen molar-refractivity contribution in [2.75, 3.05) is 26.2 Å². The van der Waals surface area contributed by atoms with Crippen LogP contribution in [0, 0.1) is 0 Å². The van der Waals surface area contributed by atoms with E-state index >= 15 is 0 Å². The third-order valence-electron chi connectivity index (χ3n) is 8.02. The molecular weight excluding hydrogens is 672 g/mol. The molecule has 1 aromatic rings. The number of nitrogens with one attached hydrogen (secondary N) is 5. The standard InChI is InChI=1S/C30H50N12O9/c31-10-2-1-5-19(26(47)40-20(29(50)51)6-3-11-36-30(33)34)39-23(43)15-37-27(48)22-7-4-12-42(22)28(49)21(13-17-14-35-16-38-17)41-25(46)18(32)8-9-24(44)45/h14,16,18-22H,1-13,15,31-32H2,(H,35,38)(H,37,48)(H,39,43)(H,40,47)(H,41,46)(H,44,45)(H,50,51)(H4,33,34,36)/t18-,19-,20-,21-,22-/m0/s1. The molecule has 0 aliphatic carbocycles. The molecule has 51 heavy (non-hydrogen) atoms. The normalized spacial score (nSPS) is 16.2. The lowest BCUT2D eigenvalue weighted by atomic mass is 10.1. The monoisotopic (exact) mass is 722 g/mol. The quantitative estimate of drug-likeness (QED) is 0.0291. The highest BCUT2D eigenvalue weighted by Crippen LogP contribution is 2.20. The maximum Gasteiger partial charge on any atom is 0.326 e. The lowest BCUT2D eigenvalue weighted by Crippen LogP contribution is -2.57. The zero-order valence-electron chi connectivity index (χ0n) is 28.3. The van der Waals surface area contributed by atoms with Gasteiger partial charge in [0.05, 0.1) is 18.9 Å². The van der Waals surface area contributed by atoms with Gasteiger partial charge in [-0.1, -0.05) is 0 Å². The van der Waals surface area contributed by atoms with Crippen molar-refractivity contribution in [1.82, 2.24) is 36.1 Å². The van der Waals surface area contributed by atoms with E-state index in [1.54, 1.807) is 0 Å². The number of H-pyrrole nitrogens is 1. The van der Waals surface area contributed by atoms with E-state index in [1.807, 2.05) is 0 Å². The van der Waals surface area contributed by atoms with Crippen molar-refractivity contribution in [3.05, 3.63) is 18.2 Å². The minimum atomic E-state index is -1.28. The Labute approximate surface area is 294 Å². The minimum Gasteiger partial charge on any atom is -0.481 e. The number of hydrogen-bond acceptors (Lipinski definition) is 11. The number of guanidine groups is 1. The average Bonchev–Trinajstić information content (AvgIpc) is 3.79. The van der Waals surface area contributed by atoms with Gasteiger partial charge in [-0.2, -0.15) is 0 Å². The van der Waals surface area contributed by atoms with Crippen LogP contribution in [0.2, 0.25) is 0 Å². The lowest BCUT2D eigenvalue weighted by Gasteiger charge is -2.29. The predicted molar refractivity (Wildman–Crippen MR) is 181 cm³/mol. The van der Waals surface area contributed by atoms with Gasteiger partial charge in [-0.3, -0.25) is 33.8 Å². The molecule has 0 spiro atoms. The fourth-order valence-electron chi connectivity index (χ4n) is 5.33. The number of aromatic amines is 1. The number of aromatic nitrogens is 2. The van der Waals surface area contributed by atoms with E-state index in [-0.39, 0.29) is 64.0 Å². The number of unbranched alkanes of at least 4 members (excludes halogenated alkanes) is 1. The average molecular weight is 723 g/mol. The molecule has 0 bridgehead atoms. The Morgan fingerprint density at radius 3 is 2.29 bits per heavy atom. The number of carbonyl (C=O) groups excluding carboxylic acids is 5. The van der Waals surface area contributed by atoms with Crippen LogP contribution >= 0.6 is 0 Å². The van der Waals surface area contributed by atoms with Gasteiger partial charge in [0.1, 0.15) is 24.2 Å². The molecule has 5 amide bonds. The first-order valence-corrected chi connectivity index (χ1v) is 16.6. The van der Waals surface area contributed by atoms with E-state index in [9.17, 15) is 38.7 Å². The number of carboxylic acids is 2. The number of nitrogens with two attached hydrogens (primary N) is 4. The summed E-state index contributed by atoms with van der Waals surface area (Å²) in [5, 5.41) is 28.5. The highest BCUT2D eigenvalue weighted by atomic mass is 16.4. The summed E-state index contributed by atoms with van der Waals surface area (Å²) < 4.78 is 0. The number of amides is 5. The number of hydrogen-bond donors (Lipinski definition) is 11. The zero-order valence-corrected chi connectivity index (χ0v) is 28.3. The first-order valence-electron chi connectivity index (χ1n) is 16.6. The lowest BCUT2D eigenvalue weighted by molar-refractivity contribution is -0.142. The Bertz CT molecular complexity index is 1370. The maximum absolute atomic E-state index is 13.7. The molecule has 15 N–H and O–H groups in total. The molecule has 1 saturated heterocycles. The van der Waals surface area contributed by atoms with Crippen molar-refractivity contribution >= 4 is 47.4 Å². The number of likely N-dealkylation sites (tertiary alicyclic amines) is 1. The van der Waals surface area contributed by atoms with E-state index in [0.717, 1.165) is 0 Å². The zero-order chi connectivity index (χ0) is 37.9. The van der Waals surface area contributed by atoms with Crippen molar-refractivity contribution < 1.29 is 43.8 Å². The largest absolute Gasteiger partial charge is 0.481 e. The minimum absolute atomic E-state index is 0.0178. The molecular formula is C30H50N12O9. The van der Waals surface area contributed by atoms with Crippen LogP contribution in [-0.4, -0.2) is 129 Å². The Balaban J connectivity index is 2.05. The van der Waals surface area contributed by atoms with Crippen LogP contribution in [-0.2, 0) is 40.0 Å². The highest BCUT2D eigenvalue weighted by molar-refractivity contribution is 5.95. The second-order valence-electron chi connectivity index (χ2n) is 12.0. The Morgan fingerprint density at radius 2 is 1.67 bits per heavy atom. The summed E-state index contributed by atoms with van der Waals surface area (Å²) in [5.74, 6) is -6.00. The first-order chi connectivity index (χ1) is 24.2. The molecule has 5 atom stereocenters. The van der Waals surface area contributed by atoms with Gasteiger partial charge in [0.2, 0.25) is 29.5 Å². The van der Waals surface area contributed by atoms with Crippen LogP contribution in [0.3, 0.4) is 0 Å². The van der Waals surface area contributed by atoms with E-state index in [0.29, 0.717) is 31.5 Å². The topological polar surface area (TPSA) is 356 Å². The van der Waals surface area contributed by atoms with Crippen molar-refractivity contribution in [2.45, 2.75) is 94.4 Å². The van der Waals surface area contributed by atoms with Crippen LogP contribution in [0.1, 0.15) is 63.5 Å². The van der Waals surface area contributed by atoms with Crippen molar-refractivity contribution in [3.8, 4) is 0 Å². The molecule has 2 rings (SSSR count). The molecule has 0 unspecified atom stereocenters. The highest BCUT2D eigenvalue weighted by Gasteiger charge is 2.38. The summed E-state index contributed by atoms with van der Waals surface area (Å²) in [6.07, 6.45) is 4.49. The molecule has 0 saturated carbocycles. The second kappa shape index (κ2) is 21.7. The SMILES string of the molecule is NCCCC[C@H](NC(=O)CNC(=O)[C@@H]1CCCN1C(=O)[C@H](Cc1cnc[nH]1)NC(=O)[C@@H](N)CCC(=O)O)C(=O)N[C@@H](CCCN=C(N)N)C(=O)O. The number of nitrogens with zero attached hydrogens (tertiary/aromatic N) is 3. The third-order valence-corrected chi connectivity index (χ3v) is 8.02. The maximum atomic E-state index is 13.7. The van der Waals surface area contributed by atoms with Gasteiger partial charge in [0.15, 0.2) is 5.96 Å².